The molecule has 32 heteroatoms. The van der Waals surface area contributed by atoms with Crippen molar-refractivity contribution in [2.45, 2.75) is 195 Å². The summed E-state index contributed by atoms with van der Waals surface area (Å²) < 4.78 is 26.2. The maximum absolute atomic E-state index is 14.7. The molecule has 5 aliphatic carbocycles. The zero-order valence-electron chi connectivity index (χ0n) is 64.4. The van der Waals surface area contributed by atoms with Gasteiger partial charge in [0.25, 0.3) is 0 Å². The highest BCUT2D eigenvalue weighted by molar-refractivity contribution is 5.69. The highest BCUT2D eigenvalue weighted by atomic mass is 19.1. The largest absolute Gasteiger partial charge is 0.374 e. The van der Waals surface area contributed by atoms with E-state index in [1.54, 1.807) is 56.5 Å². The van der Waals surface area contributed by atoms with Crippen molar-refractivity contribution in [2.24, 2.45) is 29.6 Å². The normalized spacial score (nSPS) is 31.0. The van der Waals surface area contributed by atoms with Crippen molar-refractivity contribution in [3.63, 3.8) is 0 Å². The average Bonchev–Trinajstić information content (AvgIpc) is 1.63. The molecule has 13 aliphatic heterocycles. The molecule has 31 nitrogen and oxygen atoms in total. The second-order valence-corrected chi connectivity index (χ2v) is 35.3. The van der Waals surface area contributed by atoms with E-state index in [1.807, 2.05) is 6.07 Å². The van der Waals surface area contributed by atoms with Crippen LogP contribution in [0.5, 0.6) is 0 Å². The number of hydrogen-bond acceptors (Lipinski definition) is 31. The second kappa shape index (κ2) is 28.9. The molecule has 590 valence electrons. The first-order chi connectivity index (χ1) is 55.1. The van der Waals surface area contributed by atoms with Crippen LogP contribution in [0.1, 0.15) is 129 Å². The van der Waals surface area contributed by atoms with Crippen LogP contribution in [0, 0.1) is 29.6 Å². The molecular weight excluding hydrogens is 1430 g/mol. The first-order valence-electron chi connectivity index (χ1n) is 41.8. The Balaban J connectivity index is 0.0000000950. The Kier molecular flexibility index (Phi) is 18.1. The fourth-order valence-electron chi connectivity index (χ4n) is 21.3. The van der Waals surface area contributed by atoms with Crippen molar-refractivity contribution in [1.29, 1.82) is 0 Å². The van der Waals surface area contributed by atoms with E-state index < -0.39 is 5.67 Å². The summed E-state index contributed by atoms with van der Waals surface area (Å²) in [5.74, 6) is 11.8. The Bertz CT molecular complexity index is 4760. The Hall–Kier alpha value is -9.95. The first-order valence-corrected chi connectivity index (χ1v) is 41.8. The molecule has 8 aromatic rings. The number of halogens is 1. The zero-order chi connectivity index (χ0) is 75.7. The number of alkyl halides is 1. The number of rotatable bonds is 14. The van der Waals surface area contributed by atoms with Crippen LogP contribution in [0.4, 0.5) is 75.2 Å². The molecule has 18 aliphatic rings. The smallest absolute Gasteiger partial charge is 0.228 e. The van der Waals surface area contributed by atoms with Crippen molar-refractivity contribution in [2.75, 3.05) is 147 Å². The third-order valence-corrected chi connectivity index (χ3v) is 27.7. The number of piperazine rings is 1. The predicted octanol–water partition coefficient (Wildman–Crippen LogP) is 7.97. The topological polar surface area (TPSA) is 358 Å². The average molecular weight is 1530 g/mol. The number of nitrogen functional groups attached to an aromatic ring is 4. The van der Waals surface area contributed by atoms with Crippen LogP contribution in [0.2, 0.25) is 0 Å². The van der Waals surface area contributed by atoms with Crippen molar-refractivity contribution in [3.8, 4) is 45.0 Å². The van der Waals surface area contributed by atoms with Gasteiger partial charge in [-0.3, -0.25) is 4.90 Å². The molecule has 1 unspecified atom stereocenters. The van der Waals surface area contributed by atoms with E-state index in [0.717, 1.165) is 201 Å². The van der Waals surface area contributed by atoms with Gasteiger partial charge in [-0.1, -0.05) is 0 Å². The van der Waals surface area contributed by atoms with E-state index >= 15 is 0 Å². The van der Waals surface area contributed by atoms with Gasteiger partial charge in [-0.15, -0.1) is 0 Å². The number of anilines is 12. The Labute approximate surface area is 657 Å². The van der Waals surface area contributed by atoms with E-state index in [9.17, 15) is 4.39 Å². The highest BCUT2D eigenvalue weighted by Crippen LogP contribution is 2.51. The molecule has 26 rings (SSSR count). The molecule has 8 aromatic heterocycles. The molecule has 5 saturated carbocycles. The molecular formula is C81H102FN29O2. The molecule has 13 saturated heterocycles. The summed E-state index contributed by atoms with van der Waals surface area (Å²) in [4.78, 5) is 94.6. The third-order valence-electron chi connectivity index (χ3n) is 27.7. The van der Waals surface area contributed by atoms with Gasteiger partial charge in [0.1, 0.15) is 28.9 Å². The highest BCUT2D eigenvalue weighted by Gasteiger charge is 2.54. The second-order valence-electron chi connectivity index (χ2n) is 35.3. The van der Waals surface area contributed by atoms with Gasteiger partial charge in [0.05, 0.1) is 60.3 Å². The maximum Gasteiger partial charge on any atom is 0.228 e. The summed E-state index contributed by atoms with van der Waals surface area (Å²) in [6.45, 7) is 14.3. The fraction of sp³-hybridized carbons (Fsp3) is 0.605. The van der Waals surface area contributed by atoms with E-state index in [4.69, 9.17) is 72.3 Å². The van der Waals surface area contributed by atoms with E-state index in [0.29, 0.717) is 79.2 Å². The number of piperidine rings is 4. The van der Waals surface area contributed by atoms with Crippen LogP contribution in [-0.2, 0) is 9.47 Å². The minimum absolute atomic E-state index is 0.0410. The zero-order valence-corrected chi connectivity index (χ0v) is 64.4. The summed E-state index contributed by atoms with van der Waals surface area (Å²) in [6, 6.07) is 12.3. The summed E-state index contributed by atoms with van der Waals surface area (Å²) in [6.07, 6.45) is 37.8. The molecule has 0 amide bonds. The molecule has 0 radical (unpaired) electrons. The third kappa shape index (κ3) is 14.1. The number of fused-ring (bicyclic) bond motifs is 12. The standard InChI is InChI=1S/C21H28N8O.C21H27N7.C20H24FN7O.C19H23N7/c22-20-23-9-15(10-24-20)18-8-19(29-12-17-7-16(29)13-30-17)26-21(25-18)28-5-3-27(4-6-28)11-14-1-2-14;22-20-23-10-14(11-24-20)18-9-19(28-15-3-1-4-16(28)6-2-5-15)26-21(25-18)27-12-13-7-17(27)8-13;1-20(21)5-13-2-12(20)8-28(13)19-25-16(11-6-23-18(22)24-7-11)4-17(26-19)27-9-15-3-14(27)10-29-15;20-18-21-7-13(8-22-18)16-6-17(25-10-12-4-15(25)5-12)24-19(23-16)26-9-11-1-2-14(26)3-11/h8-10,14,16-17H,1-7,11-13H2,(H2,22,23,24);9-11,13,15-17H,1-8,12H2,(H2,22,23,24);4,6-7,12-15H,2-3,5,8-10H2,1H3,(H2,22,23,24);6-8,11-12,14-15H,1-5,9-10H2,(H2,20,21,22)/t16-,17-;;12-,13-,14+,15+,20?;11-,12?,14+,15?/m0.10/s1. The van der Waals surface area contributed by atoms with Gasteiger partial charge in [-0.2, -0.15) is 19.9 Å². The lowest BCUT2D eigenvalue weighted by Gasteiger charge is -2.47. The van der Waals surface area contributed by atoms with E-state index in [2.05, 4.69) is 102 Å². The van der Waals surface area contributed by atoms with Crippen molar-refractivity contribution in [1.82, 2.24) is 84.6 Å². The SMILES string of the molecule is CC1(F)C[C@H]2C[C@@H]1CN2c1nc(-c2cnc(N)nc2)cc(N2C[C@@H]3C[C@H]2CO3)n1.Nc1ncc(-c2cc(N3C4CCCC3CCC4)nc(N3CC4CC3C4)n2)cn1.Nc1ncc(-c2cc(N3CC4CC3C4)nc(N3C[C@H]4CC[C@@H]3C4)n2)cn1.Nc1ncc(-c2cc(N3C[C@@H]4C[C@H]3CO4)nc(N3CCN(CC4CC4)CC3)n2)cn1. The lowest BCUT2D eigenvalue weighted by Crippen LogP contribution is -2.50. The molecule has 113 heavy (non-hydrogen) atoms. The number of ether oxygens (including phenoxy) is 2. The summed E-state index contributed by atoms with van der Waals surface area (Å²) in [5, 5.41) is 0. The van der Waals surface area contributed by atoms with E-state index in [-0.39, 0.29) is 30.0 Å². The van der Waals surface area contributed by atoms with Gasteiger partial charge in [0, 0.05) is 217 Å². The lowest BCUT2D eigenvalue weighted by molar-refractivity contribution is 0.0987. The number of aromatic nitrogens is 16. The number of nitrogens with two attached hydrogens (primary N) is 4. The number of morpholine rings is 2. The predicted molar refractivity (Wildman–Crippen MR) is 430 cm³/mol. The first kappa shape index (κ1) is 70.9. The monoisotopic (exact) mass is 1530 g/mol. The molecule has 0 spiro atoms. The molecule has 18 fully saturated rings. The molecule has 0 aromatic carbocycles. The summed E-state index contributed by atoms with van der Waals surface area (Å²) in [5.41, 5.74) is 28.5. The van der Waals surface area contributed by atoms with Crippen LogP contribution in [0.3, 0.4) is 0 Å². The van der Waals surface area contributed by atoms with Crippen LogP contribution < -0.4 is 62.1 Å². The molecule has 21 heterocycles. The molecule has 14 bridgehead atoms. The summed E-state index contributed by atoms with van der Waals surface area (Å²) >= 11 is 0. The summed E-state index contributed by atoms with van der Waals surface area (Å²) in [7, 11) is 0. The van der Waals surface area contributed by atoms with Crippen molar-refractivity contribution < 1.29 is 13.9 Å². The minimum atomic E-state index is -1.09. The van der Waals surface area contributed by atoms with Gasteiger partial charge >= 0.3 is 0 Å². The quantitative estimate of drug-likeness (QED) is 0.0801. The number of nitrogens with zero attached hydrogens (tertiary/aromatic N) is 25. The van der Waals surface area contributed by atoms with Crippen LogP contribution >= 0.6 is 0 Å². The molecule has 8 N–H and O–H groups in total. The van der Waals surface area contributed by atoms with Crippen LogP contribution in [0.25, 0.3) is 45.0 Å². The Morgan fingerprint density at radius 2 is 0.779 bits per heavy atom. The molecule has 9 atom stereocenters. The fourth-order valence-corrected chi connectivity index (χ4v) is 21.3. The van der Waals surface area contributed by atoms with E-state index in [1.165, 1.54) is 103 Å². The van der Waals surface area contributed by atoms with Crippen LogP contribution in [0.15, 0.2) is 73.8 Å². The minimum Gasteiger partial charge on any atom is -0.374 e. The van der Waals surface area contributed by atoms with Crippen molar-refractivity contribution >= 4 is 70.9 Å². The maximum atomic E-state index is 14.7. The van der Waals surface area contributed by atoms with Gasteiger partial charge in [0.2, 0.25) is 47.6 Å². The van der Waals surface area contributed by atoms with Gasteiger partial charge in [0.15, 0.2) is 0 Å². The van der Waals surface area contributed by atoms with Gasteiger partial charge < -0.3 is 71.6 Å². The lowest BCUT2D eigenvalue weighted by atomic mass is 9.84. The van der Waals surface area contributed by atoms with Crippen LogP contribution in [-0.4, -0.2) is 236 Å². The Morgan fingerprint density at radius 1 is 0.381 bits per heavy atom. The van der Waals surface area contributed by atoms with Gasteiger partial charge in [-0.25, -0.2) is 64.2 Å². The Morgan fingerprint density at radius 3 is 1.16 bits per heavy atom. The van der Waals surface area contributed by atoms with Crippen molar-refractivity contribution in [3.05, 3.63) is 73.8 Å². The number of hydrogen-bond donors (Lipinski definition) is 4. The van der Waals surface area contributed by atoms with Gasteiger partial charge in [-0.05, 0) is 146 Å².